The molecule has 1 aliphatic rings. The van der Waals surface area contributed by atoms with Crippen molar-refractivity contribution in [3.8, 4) is 0 Å². The lowest BCUT2D eigenvalue weighted by Crippen LogP contribution is -2.36. The molecule has 0 amide bonds. The van der Waals surface area contributed by atoms with Crippen LogP contribution in [0.3, 0.4) is 0 Å². The zero-order valence-corrected chi connectivity index (χ0v) is 11.0. The highest BCUT2D eigenvalue weighted by Gasteiger charge is 2.14. The van der Waals surface area contributed by atoms with Crippen molar-refractivity contribution in [2.45, 2.75) is 13.0 Å². The largest absolute Gasteiger partial charge is 0.299 e. The fraction of sp³-hybridized carbons (Fsp3) is 0.400. The van der Waals surface area contributed by atoms with E-state index in [-0.39, 0.29) is 0 Å². The summed E-state index contributed by atoms with van der Waals surface area (Å²) in [5, 5.41) is 0. The third kappa shape index (κ3) is 2.44. The minimum Gasteiger partial charge on any atom is -0.299 e. The van der Waals surface area contributed by atoms with Crippen LogP contribution in [0.25, 0.3) is 0 Å². The van der Waals surface area contributed by atoms with Gasteiger partial charge in [0.15, 0.2) is 0 Å². The smallest absolute Gasteiger partial charge is 0.0244 e. The second-order valence-electron chi connectivity index (χ2n) is 3.37. The van der Waals surface area contributed by atoms with Gasteiger partial charge >= 0.3 is 0 Å². The molecule has 1 heterocycles. The third-order valence-electron chi connectivity index (χ3n) is 2.35. The highest BCUT2D eigenvalue weighted by atomic mass is 127. The monoisotopic (exact) mass is 351 g/mol. The number of hydrogen-bond acceptors (Lipinski definition) is 1. The van der Waals surface area contributed by atoms with Crippen LogP contribution in [0.4, 0.5) is 0 Å². The van der Waals surface area contributed by atoms with Crippen LogP contribution in [0.15, 0.2) is 22.7 Å². The number of likely N-dealkylation sites (tertiary alicyclic amines) is 1. The molecule has 0 atom stereocenters. The van der Waals surface area contributed by atoms with E-state index in [1.54, 1.807) is 0 Å². The molecule has 1 fully saturated rings. The third-order valence-corrected chi connectivity index (χ3v) is 3.90. The van der Waals surface area contributed by atoms with Crippen molar-refractivity contribution in [2.24, 2.45) is 0 Å². The number of hydrogen-bond donors (Lipinski definition) is 0. The molecular formula is C10H11BrIN. The highest BCUT2D eigenvalue weighted by Crippen LogP contribution is 2.21. The summed E-state index contributed by atoms with van der Waals surface area (Å²) in [4.78, 5) is 2.48. The Morgan fingerprint density at radius 3 is 2.77 bits per heavy atom. The van der Waals surface area contributed by atoms with Gasteiger partial charge in [-0.3, -0.25) is 4.90 Å². The van der Waals surface area contributed by atoms with Crippen molar-refractivity contribution in [3.63, 3.8) is 0 Å². The maximum atomic E-state index is 3.50. The van der Waals surface area contributed by atoms with Crippen LogP contribution in [-0.2, 0) is 6.54 Å². The molecule has 0 unspecified atom stereocenters. The van der Waals surface area contributed by atoms with Gasteiger partial charge in [-0.1, -0.05) is 15.9 Å². The maximum absolute atomic E-state index is 3.50. The summed E-state index contributed by atoms with van der Waals surface area (Å²) in [6.45, 7) is 3.64. The molecule has 13 heavy (non-hydrogen) atoms. The molecule has 2 rings (SSSR count). The normalized spacial score (nSPS) is 17.1. The average molecular weight is 352 g/mol. The van der Waals surface area contributed by atoms with Gasteiger partial charge in [0.05, 0.1) is 0 Å². The van der Waals surface area contributed by atoms with Gasteiger partial charge in [-0.05, 0) is 65.9 Å². The zero-order chi connectivity index (χ0) is 9.26. The van der Waals surface area contributed by atoms with E-state index in [4.69, 9.17) is 0 Å². The topological polar surface area (TPSA) is 3.24 Å². The van der Waals surface area contributed by atoms with Gasteiger partial charge in [0, 0.05) is 14.6 Å². The first kappa shape index (κ1) is 9.93. The summed E-state index contributed by atoms with van der Waals surface area (Å²) in [5.74, 6) is 0. The van der Waals surface area contributed by atoms with Crippen molar-refractivity contribution in [1.82, 2.24) is 4.90 Å². The van der Waals surface area contributed by atoms with Crippen molar-refractivity contribution in [2.75, 3.05) is 13.1 Å². The van der Waals surface area contributed by atoms with Gasteiger partial charge in [-0.25, -0.2) is 0 Å². The summed E-state index contributed by atoms with van der Waals surface area (Å²) in [5.41, 5.74) is 1.44. The molecule has 1 nitrogen and oxygen atoms in total. The molecule has 1 aliphatic heterocycles. The average Bonchev–Trinajstić information content (AvgIpc) is 2.03. The van der Waals surface area contributed by atoms with E-state index in [2.05, 4.69) is 61.6 Å². The van der Waals surface area contributed by atoms with Crippen molar-refractivity contribution in [3.05, 3.63) is 31.8 Å². The Hall–Kier alpha value is 0.390. The minimum absolute atomic E-state index is 1.11. The molecule has 70 valence electrons. The fourth-order valence-corrected chi connectivity index (χ4v) is 2.36. The maximum Gasteiger partial charge on any atom is 0.0244 e. The Balaban J connectivity index is 2.13. The second kappa shape index (κ2) is 4.28. The van der Waals surface area contributed by atoms with Gasteiger partial charge in [0.1, 0.15) is 0 Å². The first-order chi connectivity index (χ1) is 6.25. The Morgan fingerprint density at radius 1 is 1.38 bits per heavy atom. The quantitative estimate of drug-likeness (QED) is 0.739. The van der Waals surface area contributed by atoms with Crippen LogP contribution in [0.1, 0.15) is 12.0 Å². The molecule has 0 saturated carbocycles. The van der Waals surface area contributed by atoms with Crippen molar-refractivity contribution in [1.29, 1.82) is 0 Å². The molecule has 0 spiro atoms. The van der Waals surface area contributed by atoms with E-state index in [0.29, 0.717) is 0 Å². The molecule has 0 bridgehead atoms. The van der Waals surface area contributed by atoms with Crippen LogP contribution < -0.4 is 0 Å². The predicted molar refractivity (Wildman–Crippen MR) is 66.8 cm³/mol. The summed E-state index contributed by atoms with van der Waals surface area (Å²) in [7, 11) is 0. The number of benzene rings is 1. The predicted octanol–water partition coefficient (Wildman–Crippen LogP) is 3.26. The van der Waals surface area contributed by atoms with E-state index in [9.17, 15) is 0 Å². The number of rotatable bonds is 2. The standard InChI is InChI=1S/C10H11BrIN/c11-9-2-3-10(12)8(6-9)7-13-4-1-5-13/h2-3,6H,1,4-5,7H2. The minimum atomic E-state index is 1.11. The lowest BCUT2D eigenvalue weighted by molar-refractivity contribution is 0.172. The number of halogens is 2. The fourth-order valence-electron chi connectivity index (χ4n) is 1.45. The molecule has 0 radical (unpaired) electrons. The van der Waals surface area contributed by atoms with Crippen LogP contribution in [0, 0.1) is 3.57 Å². The van der Waals surface area contributed by atoms with E-state index in [0.717, 1.165) is 6.54 Å². The van der Waals surface area contributed by atoms with Gasteiger partial charge < -0.3 is 0 Å². The van der Waals surface area contributed by atoms with Gasteiger partial charge in [-0.2, -0.15) is 0 Å². The van der Waals surface area contributed by atoms with Crippen LogP contribution in [0.2, 0.25) is 0 Å². The first-order valence-corrected chi connectivity index (χ1v) is 6.29. The SMILES string of the molecule is Brc1ccc(I)c(CN2CCC2)c1. The van der Waals surface area contributed by atoms with E-state index in [1.165, 1.54) is 33.1 Å². The highest BCUT2D eigenvalue weighted by molar-refractivity contribution is 14.1. The Bertz CT molecular complexity index is 310. The molecule has 1 saturated heterocycles. The molecule has 0 aliphatic carbocycles. The molecular weight excluding hydrogens is 341 g/mol. The first-order valence-electron chi connectivity index (χ1n) is 4.42. The molecule has 0 N–H and O–H groups in total. The van der Waals surface area contributed by atoms with Crippen molar-refractivity contribution >= 4 is 38.5 Å². The lowest BCUT2D eigenvalue weighted by atomic mass is 10.1. The molecule has 1 aromatic carbocycles. The van der Waals surface area contributed by atoms with Crippen LogP contribution >= 0.6 is 38.5 Å². The Labute approximate surface area is 101 Å². The summed E-state index contributed by atoms with van der Waals surface area (Å²) >= 11 is 5.91. The van der Waals surface area contributed by atoms with E-state index >= 15 is 0 Å². The summed E-state index contributed by atoms with van der Waals surface area (Å²) in [6.07, 6.45) is 1.37. The molecule has 3 heteroatoms. The molecule has 0 aromatic heterocycles. The Morgan fingerprint density at radius 2 is 2.15 bits per heavy atom. The Kier molecular flexibility index (Phi) is 3.26. The van der Waals surface area contributed by atoms with E-state index in [1.807, 2.05) is 0 Å². The van der Waals surface area contributed by atoms with Gasteiger partial charge in [-0.15, -0.1) is 0 Å². The summed E-state index contributed by atoms with van der Waals surface area (Å²) < 4.78 is 2.55. The second-order valence-corrected chi connectivity index (χ2v) is 5.44. The van der Waals surface area contributed by atoms with E-state index < -0.39 is 0 Å². The van der Waals surface area contributed by atoms with Gasteiger partial charge in [0.2, 0.25) is 0 Å². The molecule has 1 aromatic rings. The van der Waals surface area contributed by atoms with Gasteiger partial charge in [0.25, 0.3) is 0 Å². The zero-order valence-electron chi connectivity index (χ0n) is 7.26. The van der Waals surface area contributed by atoms with Crippen molar-refractivity contribution < 1.29 is 0 Å². The number of nitrogens with zero attached hydrogens (tertiary/aromatic N) is 1. The summed E-state index contributed by atoms with van der Waals surface area (Å²) in [6, 6.07) is 6.49. The lowest BCUT2D eigenvalue weighted by Gasteiger charge is -2.31. The van der Waals surface area contributed by atoms with Crippen LogP contribution in [-0.4, -0.2) is 18.0 Å². The van der Waals surface area contributed by atoms with Crippen LogP contribution in [0.5, 0.6) is 0 Å².